The van der Waals surface area contributed by atoms with Gasteiger partial charge in [-0.1, -0.05) is 61.9 Å². The largest absolute Gasteiger partial charge is 0.493 e. The third-order valence-corrected chi connectivity index (χ3v) is 5.57. The zero-order valence-corrected chi connectivity index (χ0v) is 18.8. The van der Waals surface area contributed by atoms with Crippen molar-refractivity contribution in [1.82, 2.24) is 0 Å². The highest BCUT2D eigenvalue weighted by Crippen LogP contribution is 2.24. The first-order valence-corrected chi connectivity index (χ1v) is 11.1. The van der Waals surface area contributed by atoms with E-state index in [0.29, 0.717) is 37.2 Å². The summed E-state index contributed by atoms with van der Waals surface area (Å²) in [5, 5.41) is 2.31. The third-order valence-electron chi connectivity index (χ3n) is 5.57. The molecule has 168 valence electrons. The minimum atomic E-state index is -0.560. The first-order valence-electron chi connectivity index (χ1n) is 11.1. The van der Waals surface area contributed by atoms with Crippen LogP contribution in [0.4, 0.5) is 0 Å². The van der Waals surface area contributed by atoms with Crippen molar-refractivity contribution in [3.05, 3.63) is 77.4 Å². The van der Waals surface area contributed by atoms with Gasteiger partial charge in [-0.2, -0.15) is 0 Å². The highest BCUT2D eigenvalue weighted by Gasteiger charge is 2.17. The van der Waals surface area contributed by atoms with Crippen LogP contribution in [0.1, 0.15) is 47.7 Å². The molecule has 3 aromatic carbocycles. The smallest absolute Gasteiger partial charge is 0.337 e. The zero-order valence-electron chi connectivity index (χ0n) is 18.8. The fraction of sp³-hybridized carbons (Fsp3) is 0.333. The molecule has 0 heterocycles. The topological polar surface area (TPSA) is 78.6 Å². The number of esters is 1. The van der Waals surface area contributed by atoms with Crippen LogP contribution in [0.5, 0.6) is 5.75 Å². The first kappa shape index (κ1) is 23.5. The van der Waals surface area contributed by atoms with E-state index in [-0.39, 0.29) is 5.78 Å². The molecule has 0 spiro atoms. The molecule has 0 aromatic heterocycles. The predicted octanol–water partition coefficient (Wildman–Crippen LogP) is 4.88. The zero-order chi connectivity index (χ0) is 22.9. The molecule has 0 aliphatic carbocycles. The van der Waals surface area contributed by atoms with Crippen molar-refractivity contribution in [1.29, 1.82) is 0 Å². The van der Waals surface area contributed by atoms with Gasteiger partial charge in [-0.25, -0.2) is 4.79 Å². The highest BCUT2D eigenvalue weighted by atomic mass is 16.5. The summed E-state index contributed by atoms with van der Waals surface area (Å²) in [5.74, 6) is 0.220. The van der Waals surface area contributed by atoms with Gasteiger partial charge < -0.3 is 15.2 Å². The molecule has 3 aromatic rings. The Morgan fingerprint density at radius 1 is 1.00 bits per heavy atom. The molecular formula is C27H31NO4. The van der Waals surface area contributed by atoms with Crippen LogP contribution in [0.25, 0.3) is 10.8 Å². The monoisotopic (exact) mass is 433 g/mol. The van der Waals surface area contributed by atoms with E-state index in [0.717, 1.165) is 29.4 Å². The Morgan fingerprint density at radius 2 is 1.78 bits per heavy atom. The van der Waals surface area contributed by atoms with Crippen LogP contribution in [0.2, 0.25) is 0 Å². The summed E-state index contributed by atoms with van der Waals surface area (Å²) in [6, 6.07) is 19.0. The Balaban J connectivity index is 1.64. The number of fused-ring (bicyclic) bond motifs is 1. The van der Waals surface area contributed by atoms with Crippen molar-refractivity contribution >= 4 is 22.5 Å². The lowest BCUT2D eigenvalue weighted by Gasteiger charge is -2.14. The molecule has 3 rings (SSSR count). The fourth-order valence-electron chi connectivity index (χ4n) is 3.64. The van der Waals surface area contributed by atoms with Gasteiger partial charge in [-0.3, -0.25) is 4.79 Å². The number of benzene rings is 3. The SMILES string of the molecule is CCCCOc1cc(C(=O)OC)ccc1CCC(=O)[C@H](N)Cc1ccc2ccccc2c1. The predicted molar refractivity (Wildman–Crippen MR) is 127 cm³/mol. The molecule has 0 bridgehead atoms. The van der Waals surface area contributed by atoms with Gasteiger partial charge in [0.15, 0.2) is 0 Å². The fourth-order valence-corrected chi connectivity index (χ4v) is 3.64. The molecule has 0 aliphatic rings. The Kier molecular flexibility index (Phi) is 8.40. The molecule has 5 nitrogen and oxygen atoms in total. The highest BCUT2D eigenvalue weighted by molar-refractivity contribution is 5.90. The number of ketones is 1. The molecule has 1 atom stereocenters. The van der Waals surface area contributed by atoms with E-state index < -0.39 is 12.0 Å². The molecule has 0 aliphatic heterocycles. The van der Waals surface area contributed by atoms with Crippen molar-refractivity contribution in [3.8, 4) is 5.75 Å². The van der Waals surface area contributed by atoms with E-state index in [9.17, 15) is 9.59 Å². The Bertz CT molecular complexity index is 1080. The maximum absolute atomic E-state index is 12.7. The third kappa shape index (κ3) is 6.17. The van der Waals surface area contributed by atoms with Gasteiger partial charge in [-0.05, 0) is 53.3 Å². The van der Waals surface area contributed by atoms with Crippen molar-refractivity contribution in [2.45, 2.75) is 45.1 Å². The lowest BCUT2D eigenvalue weighted by Crippen LogP contribution is -2.32. The van der Waals surface area contributed by atoms with E-state index in [1.165, 1.54) is 12.5 Å². The van der Waals surface area contributed by atoms with Gasteiger partial charge in [0.2, 0.25) is 0 Å². The maximum atomic E-state index is 12.7. The number of methoxy groups -OCH3 is 1. The number of aryl methyl sites for hydroxylation is 1. The van der Waals surface area contributed by atoms with E-state index in [2.05, 4.69) is 31.2 Å². The number of carbonyl (C=O) groups is 2. The average Bonchev–Trinajstić information content (AvgIpc) is 2.82. The second kappa shape index (κ2) is 11.4. The molecule has 5 heteroatoms. The summed E-state index contributed by atoms with van der Waals surface area (Å²) in [4.78, 5) is 24.6. The second-order valence-corrected chi connectivity index (χ2v) is 7.97. The maximum Gasteiger partial charge on any atom is 0.337 e. The van der Waals surface area contributed by atoms with Gasteiger partial charge in [0.05, 0.1) is 25.3 Å². The van der Waals surface area contributed by atoms with Crippen molar-refractivity contribution < 1.29 is 19.1 Å². The van der Waals surface area contributed by atoms with E-state index in [1.807, 2.05) is 24.3 Å². The van der Waals surface area contributed by atoms with Gasteiger partial charge >= 0.3 is 5.97 Å². The summed E-state index contributed by atoms with van der Waals surface area (Å²) in [6.07, 6.45) is 3.25. The number of hydrogen-bond donors (Lipinski definition) is 1. The van der Waals surface area contributed by atoms with Crippen molar-refractivity contribution in [3.63, 3.8) is 0 Å². The molecular weight excluding hydrogens is 402 g/mol. The van der Waals surface area contributed by atoms with Crippen LogP contribution < -0.4 is 10.5 Å². The first-order chi connectivity index (χ1) is 15.5. The Morgan fingerprint density at radius 3 is 2.53 bits per heavy atom. The van der Waals surface area contributed by atoms with Crippen LogP contribution in [0.3, 0.4) is 0 Å². The van der Waals surface area contributed by atoms with Crippen LogP contribution in [0, 0.1) is 0 Å². The molecule has 0 fully saturated rings. The molecule has 0 unspecified atom stereocenters. The summed E-state index contributed by atoms with van der Waals surface area (Å²) >= 11 is 0. The van der Waals surface area contributed by atoms with Crippen LogP contribution >= 0.6 is 0 Å². The van der Waals surface area contributed by atoms with E-state index in [1.54, 1.807) is 12.1 Å². The van der Waals surface area contributed by atoms with E-state index in [4.69, 9.17) is 15.2 Å². The lowest BCUT2D eigenvalue weighted by molar-refractivity contribution is -0.120. The molecule has 2 N–H and O–H groups in total. The number of nitrogens with two attached hydrogens (primary N) is 1. The minimum Gasteiger partial charge on any atom is -0.493 e. The quantitative estimate of drug-likeness (QED) is 0.344. The standard InChI is InChI=1S/C27H31NO4/c1-3-4-15-32-26-18-23(27(30)31-2)12-11-21(26)13-14-25(29)24(28)17-19-9-10-20-7-5-6-8-22(20)16-19/h5-12,16,18,24H,3-4,13-15,17,28H2,1-2H3/t24-/m1/s1. The summed E-state index contributed by atoms with van der Waals surface area (Å²) in [7, 11) is 1.35. The number of hydrogen-bond acceptors (Lipinski definition) is 5. The minimum absolute atomic E-state index is 0.00899. The number of rotatable bonds is 11. The van der Waals surface area contributed by atoms with Crippen molar-refractivity contribution in [2.24, 2.45) is 5.73 Å². The number of ether oxygens (including phenoxy) is 2. The molecule has 0 radical (unpaired) electrons. The van der Waals surface area contributed by atoms with Crippen molar-refractivity contribution in [2.75, 3.05) is 13.7 Å². The van der Waals surface area contributed by atoms with Gasteiger partial charge in [0.25, 0.3) is 0 Å². The van der Waals surface area contributed by atoms with Gasteiger partial charge in [-0.15, -0.1) is 0 Å². The van der Waals surface area contributed by atoms with Crippen LogP contribution in [0.15, 0.2) is 60.7 Å². The number of carbonyl (C=O) groups excluding carboxylic acids is 2. The van der Waals surface area contributed by atoms with Gasteiger partial charge in [0.1, 0.15) is 11.5 Å². The number of Topliss-reactive ketones (excluding diaryl/α,β-unsaturated/α-hetero) is 1. The summed E-state index contributed by atoms with van der Waals surface area (Å²) in [5.41, 5.74) is 8.61. The summed E-state index contributed by atoms with van der Waals surface area (Å²) < 4.78 is 10.7. The van der Waals surface area contributed by atoms with Crippen LogP contribution in [-0.2, 0) is 22.4 Å². The Hall–Kier alpha value is -3.18. The summed E-state index contributed by atoms with van der Waals surface area (Å²) in [6.45, 7) is 2.65. The Labute approximate surface area is 189 Å². The molecule has 0 amide bonds. The normalized spacial score (nSPS) is 11.8. The van der Waals surface area contributed by atoms with Gasteiger partial charge in [0, 0.05) is 6.42 Å². The molecule has 32 heavy (non-hydrogen) atoms. The molecule has 0 saturated heterocycles. The van der Waals surface area contributed by atoms with E-state index >= 15 is 0 Å². The number of unbranched alkanes of at least 4 members (excludes halogenated alkanes) is 1. The molecule has 0 saturated carbocycles. The van der Waals surface area contributed by atoms with Crippen LogP contribution in [-0.4, -0.2) is 31.5 Å². The average molecular weight is 434 g/mol. The lowest BCUT2D eigenvalue weighted by atomic mass is 9.96. The second-order valence-electron chi connectivity index (χ2n) is 7.97.